The van der Waals surface area contributed by atoms with Crippen LogP contribution < -0.4 is 0 Å². The van der Waals surface area contributed by atoms with E-state index in [0.717, 1.165) is 62.9 Å². The van der Waals surface area contributed by atoms with Gasteiger partial charge < -0.3 is 9.47 Å². The molecule has 0 radical (unpaired) electrons. The topological polar surface area (TPSA) is 52.6 Å². The number of thiol groups is 2. The molecule has 0 heterocycles. The van der Waals surface area contributed by atoms with Crippen LogP contribution in [0.3, 0.4) is 0 Å². The summed E-state index contributed by atoms with van der Waals surface area (Å²) in [4.78, 5) is 23.6. The van der Waals surface area contributed by atoms with Crippen molar-refractivity contribution in [3.63, 3.8) is 0 Å². The van der Waals surface area contributed by atoms with E-state index in [9.17, 15) is 9.59 Å². The highest BCUT2D eigenvalue weighted by Crippen LogP contribution is 2.18. The lowest BCUT2D eigenvalue weighted by Gasteiger charge is -2.23. The highest BCUT2D eigenvalue weighted by molar-refractivity contribution is 7.80. The molecule has 0 atom stereocenters. The zero-order valence-corrected chi connectivity index (χ0v) is 19.1. The second-order valence-corrected chi connectivity index (χ2v) is 8.86. The van der Waals surface area contributed by atoms with Crippen molar-refractivity contribution in [3.8, 4) is 0 Å². The van der Waals surface area contributed by atoms with Gasteiger partial charge in [0.1, 0.15) is 0 Å². The Bertz CT molecular complexity index is 352. The normalized spacial score (nSPS) is 11.4. The molecule has 0 aliphatic rings. The number of ether oxygens (including phenoxy) is 2. The van der Waals surface area contributed by atoms with E-state index in [4.69, 9.17) is 9.47 Å². The number of esters is 2. The van der Waals surface area contributed by atoms with E-state index in [1.807, 2.05) is 13.8 Å². The summed E-state index contributed by atoms with van der Waals surface area (Å²) in [5.74, 6) is 1.53. The smallest absolute Gasteiger partial charge is 0.305 e. The van der Waals surface area contributed by atoms with Crippen LogP contribution in [0.4, 0.5) is 0 Å². The van der Waals surface area contributed by atoms with Crippen LogP contribution in [0.5, 0.6) is 0 Å². The Balaban J connectivity index is 3.71. The fourth-order valence-corrected chi connectivity index (χ4v) is 3.01. The number of unbranched alkanes of at least 4 members (excludes halogenated alkanes) is 8. The quantitative estimate of drug-likeness (QED) is 0.171. The van der Waals surface area contributed by atoms with Gasteiger partial charge in [0.25, 0.3) is 0 Å². The van der Waals surface area contributed by atoms with Gasteiger partial charge in [0.2, 0.25) is 0 Å². The number of carbonyl (C=O) groups excluding carboxylic acids is 2. The van der Waals surface area contributed by atoms with Gasteiger partial charge in [0, 0.05) is 18.3 Å². The zero-order valence-electron chi connectivity index (χ0n) is 17.3. The summed E-state index contributed by atoms with van der Waals surface area (Å²) in [5.41, 5.74) is -0.357. The lowest BCUT2D eigenvalue weighted by Crippen LogP contribution is -2.28. The minimum Gasteiger partial charge on any atom is -0.465 e. The van der Waals surface area contributed by atoms with Crippen molar-refractivity contribution < 1.29 is 19.1 Å². The van der Waals surface area contributed by atoms with E-state index in [1.165, 1.54) is 12.8 Å². The SMILES string of the molecule is CC(C)(COC(=O)CCCCCCCS)COC(=O)CCCCCCCS. The van der Waals surface area contributed by atoms with Crippen molar-refractivity contribution in [1.29, 1.82) is 0 Å². The minimum absolute atomic E-state index is 0.162. The average molecular weight is 421 g/mol. The lowest BCUT2D eigenvalue weighted by atomic mass is 9.96. The van der Waals surface area contributed by atoms with Crippen molar-refractivity contribution in [2.75, 3.05) is 24.7 Å². The van der Waals surface area contributed by atoms with Gasteiger partial charge in [-0.15, -0.1) is 0 Å². The summed E-state index contributed by atoms with van der Waals surface area (Å²) in [6.07, 6.45) is 11.7. The van der Waals surface area contributed by atoms with Gasteiger partial charge >= 0.3 is 11.9 Å². The first-order valence-electron chi connectivity index (χ1n) is 10.4. The van der Waals surface area contributed by atoms with Crippen molar-refractivity contribution in [2.45, 2.75) is 90.9 Å². The monoisotopic (exact) mass is 420 g/mol. The molecule has 0 aromatic carbocycles. The van der Waals surface area contributed by atoms with Crippen molar-refractivity contribution in [1.82, 2.24) is 0 Å². The summed E-state index contributed by atoms with van der Waals surface area (Å²) in [5, 5.41) is 0. The lowest BCUT2D eigenvalue weighted by molar-refractivity contribution is -0.152. The molecule has 0 fully saturated rings. The Morgan fingerprint density at radius 1 is 0.630 bits per heavy atom. The van der Waals surface area contributed by atoms with E-state index in [-0.39, 0.29) is 30.6 Å². The second kappa shape index (κ2) is 17.7. The van der Waals surface area contributed by atoms with Gasteiger partial charge in [-0.3, -0.25) is 9.59 Å². The molecule has 4 nitrogen and oxygen atoms in total. The summed E-state index contributed by atoms with van der Waals surface area (Å²) < 4.78 is 10.7. The molecule has 0 N–H and O–H groups in total. The maximum atomic E-state index is 11.8. The van der Waals surface area contributed by atoms with E-state index in [1.54, 1.807) is 0 Å². The molecule has 0 aromatic rings. The zero-order chi connectivity index (χ0) is 20.4. The number of hydrogen-bond acceptors (Lipinski definition) is 6. The molecule has 0 saturated heterocycles. The highest BCUT2D eigenvalue weighted by Gasteiger charge is 2.22. The van der Waals surface area contributed by atoms with Gasteiger partial charge in [-0.05, 0) is 37.2 Å². The Hall–Kier alpha value is -0.360. The van der Waals surface area contributed by atoms with Crippen LogP contribution in [-0.4, -0.2) is 36.7 Å². The van der Waals surface area contributed by atoms with Gasteiger partial charge in [0.15, 0.2) is 0 Å². The third-order valence-electron chi connectivity index (χ3n) is 4.33. The van der Waals surface area contributed by atoms with Crippen LogP contribution >= 0.6 is 25.3 Å². The number of rotatable bonds is 18. The first-order valence-corrected chi connectivity index (χ1v) is 11.7. The van der Waals surface area contributed by atoms with Crippen LogP contribution in [-0.2, 0) is 19.1 Å². The summed E-state index contributed by atoms with van der Waals surface area (Å²) in [7, 11) is 0. The Labute approximate surface area is 177 Å². The van der Waals surface area contributed by atoms with E-state index >= 15 is 0 Å². The van der Waals surface area contributed by atoms with Gasteiger partial charge in [0.05, 0.1) is 13.2 Å². The molecule has 0 saturated carbocycles. The van der Waals surface area contributed by atoms with Crippen LogP contribution in [0.25, 0.3) is 0 Å². The molecule has 27 heavy (non-hydrogen) atoms. The fourth-order valence-electron chi connectivity index (χ4n) is 2.56. The minimum atomic E-state index is -0.357. The van der Waals surface area contributed by atoms with Crippen molar-refractivity contribution in [3.05, 3.63) is 0 Å². The summed E-state index contributed by atoms with van der Waals surface area (Å²) in [6, 6.07) is 0. The molecule has 0 spiro atoms. The Morgan fingerprint density at radius 2 is 0.963 bits per heavy atom. The molecule has 160 valence electrons. The first-order chi connectivity index (χ1) is 12.9. The summed E-state index contributed by atoms with van der Waals surface area (Å²) >= 11 is 8.37. The van der Waals surface area contributed by atoms with E-state index in [2.05, 4.69) is 25.3 Å². The third kappa shape index (κ3) is 18.8. The van der Waals surface area contributed by atoms with Crippen LogP contribution in [0, 0.1) is 5.41 Å². The number of hydrogen-bond donors (Lipinski definition) is 2. The van der Waals surface area contributed by atoms with Crippen molar-refractivity contribution in [2.24, 2.45) is 5.41 Å². The highest BCUT2D eigenvalue weighted by atomic mass is 32.1. The molecule has 0 unspecified atom stereocenters. The standard InChI is InChI=1S/C21H40O4S2/c1-21(2,17-24-19(22)13-9-5-3-7-11-15-26)18-25-20(23)14-10-6-4-8-12-16-27/h26-27H,3-18H2,1-2H3. The first kappa shape index (κ1) is 26.6. The molecule has 0 amide bonds. The molecule has 6 heteroatoms. The second-order valence-electron chi connectivity index (χ2n) is 7.97. The summed E-state index contributed by atoms with van der Waals surface area (Å²) in [6.45, 7) is 4.45. The molecule has 0 rings (SSSR count). The van der Waals surface area contributed by atoms with Gasteiger partial charge in [-0.1, -0.05) is 52.4 Å². The van der Waals surface area contributed by atoms with Crippen LogP contribution in [0.15, 0.2) is 0 Å². The van der Waals surface area contributed by atoms with Crippen LogP contribution in [0.2, 0.25) is 0 Å². The molecular formula is C21H40O4S2. The molecule has 0 aliphatic carbocycles. The van der Waals surface area contributed by atoms with E-state index in [0.29, 0.717) is 12.8 Å². The molecule has 0 aromatic heterocycles. The van der Waals surface area contributed by atoms with Crippen LogP contribution in [0.1, 0.15) is 90.9 Å². The molecule has 0 bridgehead atoms. The molecular weight excluding hydrogens is 380 g/mol. The molecule has 0 aliphatic heterocycles. The maximum absolute atomic E-state index is 11.8. The Morgan fingerprint density at radius 3 is 1.33 bits per heavy atom. The predicted molar refractivity (Wildman–Crippen MR) is 119 cm³/mol. The van der Waals surface area contributed by atoms with Gasteiger partial charge in [-0.2, -0.15) is 25.3 Å². The van der Waals surface area contributed by atoms with Gasteiger partial charge in [-0.25, -0.2) is 0 Å². The third-order valence-corrected chi connectivity index (χ3v) is 4.96. The average Bonchev–Trinajstić information content (AvgIpc) is 2.64. The largest absolute Gasteiger partial charge is 0.465 e. The fraction of sp³-hybridized carbons (Fsp3) is 0.905. The predicted octanol–water partition coefficient (Wildman–Crippen LogP) is 5.64. The Kier molecular flexibility index (Phi) is 17.5. The van der Waals surface area contributed by atoms with Crippen molar-refractivity contribution >= 4 is 37.2 Å². The maximum Gasteiger partial charge on any atom is 0.305 e. The number of carbonyl (C=O) groups is 2. The van der Waals surface area contributed by atoms with E-state index < -0.39 is 0 Å².